The van der Waals surface area contributed by atoms with E-state index in [1.165, 1.54) is 0 Å². The zero-order valence-corrected chi connectivity index (χ0v) is 12.9. The zero-order chi connectivity index (χ0) is 15.3. The second-order valence-corrected chi connectivity index (χ2v) is 6.74. The minimum absolute atomic E-state index is 0.00547. The summed E-state index contributed by atoms with van der Waals surface area (Å²) in [5, 5.41) is 12.4. The number of aliphatic carboxylic acids is 1. The van der Waals surface area contributed by atoms with Crippen LogP contribution in [-0.4, -0.2) is 36.2 Å². The van der Waals surface area contributed by atoms with Gasteiger partial charge in [-0.25, -0.2) is 0 Å². The molecule has 1 saturated heterocycles. The predicted octanol–water partition coefficient (Wildman–Crippen LogP) is 2.34. The first-order valence-electron chi connectivity index (χ1n) is 8.13. The summed E-state index contributed by atoms with van der Waals surface area (Å²) in [7, 11) is 0. The SMILES string of the molecule is CC1CCC(CNC(=O)CC2CCCCO2)(C(=O)O)CC1. The fourth-order valence-corrected chi connectivity index (χ4v) is 3.30. The number of carbonyl (C=O) groups is 2. The van der Waals surface area contributed by atoms with Gasteiger partial charge >= 0.3 is 5.97 Å². The Morgan fingerprint density at radius 3 is 2.52 bits per heavy atom. The van der Waals surface area contributed by atoms with Gasteiger partial charge in [0, 0.05) is 13.2 Å². The summed E-state index contributed by atoms with van der Waals surface area (Å²) in [6.07, 6.45) is 6.62. The Morgan fingerprint density at radius 1 is 1.24 bits per heavy atom. The summed E-state index contributed by atoms with van der Waals surface area (Å²) in [4.78, 5) is 23.6. The van der Waals surface area contributed by atoms with Crippen LogP contribution in [0.5, 0.6) is 0 Å². The molecule has 2 N–H and O–H groups in total. The molecule has 1 unspecified atom stereocenters. The van der Waals surface area contributed by atoms with E-state index in [1.807, 2.05) is 0 Å². The second kappa shape index (κ2) is 7.25. The third kappa shape index (κ3) is 4.43. The first-order chi connectivity index (χ1) is 10.0. The minimum atomic E-state index is -0.774. The van der Waals surface area contributed by atoms with Crippen molar-refractivity contribution in [1.29, 1.82) is 0 Å². The molecule has 0 bridgehead atoms. The number of amides is 1. The fraction of sp³-hybridized carbons (Fsp3) is 0.875. The van der Waals surface area contributed by atoms with Gasteiger partial charge in [-0.05, 0) is 50.9 Å². The monoisotopic (exact) mass is 297 g/mol. The van der Waals surface area contributed by atoms with E-state index in [-0.39, 0.29) is 18.6 Å². The second-order valence-electron chi connectivity index (χ2n) is 6.74. The van der Waals surface area contributed by atoms with Crippen molar-refractivity contribution in [2.24, 2.45) is 11.3 Å². The van der Waals surface area contributed by atoms with E-state index in [0.717, 1.165) is 38.7 Å². The smallest absolute Gasteiger partial charge is 0.311 e. The molecule has 5 nitrogen and oxygen atoms in total. The molecule has 1 heterocycles. The molecular weight excluding hydrogens is 270 g/mol. The molecule has 0 aromatic heterocycles. The molecule has 0 aromatic carbocycles. The summed E-state index contributed by atoms with van der Waals surface area (Å²) < 4.78 is 5.55. The van der Waals surface area contributed by atoms with Crippen LogP contribution in [0.3, 0.4) is 0 Å². The van der Waals surface area contributed by atoms with E-state index in [1.54, 1.807) is 0 Å². The number of nitrogens with one attached hydrogen (secondary N) is 1. The topological polar surface area (TPSA) is 75.6 Å². The quantitative estimate of drug-likeness (QED) is 0.816. The highest BCUT2D eigenvalue weighted by molar-refractivity contribution is 5.79. The van der Waals surface area contributed by atoms with Crippen molar-refractivity contribution in [2.45, 2.75) is 64.4 Å². The Labute approximate surface area is 126 Å². The standard InChI is InChI=1S/C16H27NO4/c1-12-5-7-16(8-6-12,15(19)20)11-17-14(18)10-13-4-2-3-9-21-13/h12-13H,2-11H2,1H3,(H,17,18)(H,19,20). The molecule has 5 heteroatoms. The summed E-state index contributed by atoms with van der Waals surface area (Å²) in [6, 6.07) is 0. The lowest BCUT2D eigenvalue weighted by Gasteiger charge is -2.36. The number of carbonyl (C=O) groups excluding carboxylic acids is 1. The first-order valence-corrected chi connectivity index (χ1v) is 8.13. The van der Waals surface area contributed by atoms with E-state index >= 15 is 0 Å². The van der Waals surface area contributed by atoms with Gasteiger partial charge in [0.05, 0.1) is 17.9 Å². The maximum atomic E-state index is 12.0. The zero-order valence-electron chi connectivity index (χ0n) is 12.9. The van der Waals surface area contributed by atoms with Crippen molar-refractivity contribution >= 4 is 11.9 Å². The summed E-state index contributed by atoms with van der Waals surface area (Å²) in [5.74, 6) is -0.270. The molecule has 1 aliphatic carbocycles. The molecule has 0 aromatic rings. The fourth-order valence-electron chi connectivity index (χ4n) is 3.30. The maximum absolute atomic E-state index is 12.0. The van der Waals surface area contributed by atoms with E-state index in [2.05, 4.69) is 12.2 Å². The molecule has 120 valence electrons. The van der Waals surface area contributed by atoms with E-state index < -0.39 is 11.4 Å². The molecule has 1 atom stereocenters. The molecule has 0 radical (unpaired) electrons. The molecule has 1 saturated carbocycles. The molecule has 0 spiro atoms. The number of carboxylic acids is 1. The van der Waals surface area contributed by atoms with Crippen LogP contribution in [0.25, 0.3) is 0 Å². The van der Waals surface area contributed by atoms with Crippen molar-refractivity contribution in [1.82, 2.24) is 5.32 Å². The van der Waals surface area contributed by atoms with Crippen LogP contribution < -0.4 is 5.32 Å². The number of rotatable bonds is 5. The Kier molecular flexibility index (Phi) is 5.62. The van der Waals surface area contributed by atoms with Crippen LogP contribution in [0.15, 0.2) is 0 Å². The van der Waals surface area contributed by atoms with Gasteiger partial charge in [-0.3, -0.25) is 9.59 Å². The van der Waals surface area contributed by atoms with Crippen LogP contribution in [-0.2, 0) is 14.3 Å². The van der Waals surface area contributed by atoms with Gasteiger partial charge in [0.2, 0.25) is 5.91 Å². The molecular formula is C16H27NO4. The summed E-state index contributed by atoms with van der Waals surface area (Å²) in [5.41, 5.74) is -0.768. The summed E-state index contributed by atoms with van der Waals surface area (Å²) >= 11 is 0. The van der Waals surface area contributed by atoms with Crippen LogP contribution in [0.1, 0.15) is 58.3 Å². The first kappa shape index (κ1) is 16.3. The lowest BCUT2D eigenvalue weighted by Crippen LogP contribution is -2.45. The highest BCUT2D eigenvalue weighted by Gasteiger charge is 2.41. The van der Waals surface area contributed by atoms with Gasteiger partial charge in [-0.15, -0.1) is 0 Å². The van der Waals surface area contributed by atoms with Crippen molar-refractivity contribution in [3.63, 3.8) is 0 Å². The Morgan fingerprint density at radius 2 is 1.95 bits per heavy atom. The van der Waals surface area contributed by atoms with E-state index in [0.29, 0.717) is 25.2 Å². The molecule has 2 rings (SSSR count). The summed E-state index contributed by atoms with van der Waals surface area (Å²) in [6.45, 7) is 3.14. The normalized spacial score (nSPS) is 33.4. The average molecular weight is 297 g/mol. The molecule has 1 aliphatic heterocycles. The molecule has 2 aliphatic rings. The Hall–Kier alpha value is -1.10. The number of ether oxygens (including phenoxy) is 1. The Bertz CT molecular complexity index is 368. The van der Waals surface area contributed by atoms with Crippen molar-refractivity contribution in [3.05, 3.63) is 0 Å². The number of hydrogen-bond donors (Lipinski definition) is 2. The highest BCUT2D eigenvalue weighted by Crippen LogP contribution is 2.38. The molecule has 2 fully saturated rings. The van der Waals surface area contributed by atoms with Crippen LogP contribution in [0, 0.1) is 11.3 Å². The minimum Gasteiger partial charge on any atom is -0.481 e. The van der Waals surface area contributed by atoms with Crippen LogP contribution >= 0.6 is 0 Å². The van der Waals surface area contributed by atoms with Gasteiger partial charge in [0.15, 0.2) is 0 Å². The van der Waals surface area contributed by atoms with Gasteiger partial charge in [-0.1, -0.05) is 6.92 Å². The number of hydrogen-bond acceptors (Lipinski definition) is 3. The third-order valence-electron chi connectivity index (χ3n) is 5.00. The van der Waals surface area contributed by atoms with E-state index in [4.69, 9.17) is 4.74 Å². The highest BCUT2D eigenvalue weighted by atomic mass is 16.5. The third-order valence-corrected chi connectivity index (χ3v) is 5.00. The maximum Gasteiger partial charge on any atom is 0.311 e. The van der Waals surface area contributed by atoms with Gasteiger partial charge in [0.1, 0.15) is 0 Å². The van der Waals surface area contributed by atoms with Crippen LogP contribution in [0.2, 0.25) is 0 Å². The Balaban J connectivity index is 1.81. The lowest BCUT2D eigenvalue weighted by molar-refractivity contribution is -0.151. The average Bonchev–Trinajstić information content (AvgIpc) is 2.48. The number of carboxylic acid groups (broad SMARTS) is 1. The molecule has 1 amide bonds. The lowest BCUT2D eigenvalue weighted by atomic mass is 9.71. The van der Waals surface area contributed by atoms with Gasteiger partial charge in [0.25, 0.3) is 0 Å². The van der Waals surface area contributed by atoms with Gasteiger partial charge < -0.3 is 15.2 Å². The van der Waals surface area contributed by atoms with E-state index in [9.17, 15) is 14.7 Å². The predicted molar refractivity (Wildman–Crippen MR) is 78.9 cm³/mol. The van der Waals surface area contributed by atoms with Crippen molar-refractivity contribution in [3.8, 4) is 0 Å². The van der Waals surface area contributed by atoms with Crippen molar-refractivity contribution < 1.29 is 19.4 Å². The largest absolute Gasteiger partial charge is 0.481 e. The molecule has 21 heavy (non-hydrogen) atoms. The van der Waals surface area contributed by atoms with Gasteiger partial charge in [-0.2, -0.15) is 0 Å². The van der Waals surface area contributed by atoms with Crippen LogP contribution in [0.4, 0.5) is 0 Å². The van der Waals surface area contributed by atoms with Crippen molar-refractivity contribution in [2.75, 3.05) is 13.2 Å².